The Morgan fingerprint density at radius 2 is 1.59 bits per heavy atom. The Morgan fingerprint density at radius 1 is 0.941 bits per heavy atom. The van der Waals surface area contributed by atoms with E-state index in [1.807, 2.05) is 0 Å². The number of rotatable bonds is 3. The van der Waals surface area contributed by atoms with Crippen molar-refractivity contribution >= 4 is 0 Å². The molecule has 2 aliphatic heterocycles. The van der Waals surface area contributed by atoms with Crippen LogP contribution < -0.4 is 0 Å². The normalized spacial score (nSPS) is 28.8. The molecule has 0 bridgehead atoms. The molecule has 2 rings (SSSR count). The molecule has 2 heterocycles. The first-order chi connectivity index (χ1) is 8.07. The monoisotopic (exact) mass is 238 g/mol. The molecule has 0 aromatic carbocycles. The van der Waals surface area contributed by atoms with Gasteiger partial charge in [0.2, 0.25) is 0 Å². The third kappa shape index (κ3) is 3.69. The second kappa shape index (κ2) is 5.71. The van der Waals surface area contributed by atoms with E-state index in [0.717, 1.165) is 6.04 Å². The van der Waals surface area contributed by atoms with E-state index in [9.17, 15) is 0 Å². The second-order valence-electron chi connectivity index (χ2n) is 6.85. The molecule has 17 heavy (non-hydrogen) atoms. The van der Waals surface area contributed by atoms with Crippen molar-refractivity contribution in [1.82, 2.24) is 9.80 Å². The lowest BCUT2D eigenvalue weighted by atomic mass is 9.93. The summed E-state index contributed by atoms with van der Waals surface area (Å²) in [5.41, 5.74) is 0.357. The van der Waals surface area contributed by atoms with E-state index >= 15 is 0 Å². The standard InChI is InChI=1S/C15H30N2/c1-15(2,3)17-12-5-4-8-14(17)9-13-16-10-6-7-11-16/h14H,4-13H2,1-3H3. The summed E-state index contributed by atoms with van der Waals surface area (Å²) in [6.45, 7) is 12.5. The van der Waals surface area contributed by atoms with Crippen LogP contribution in [0.5, 0.6) is 0 Å². The molecule has 1 unspecified atom stereocenters. The summed E-state index contributed by atoms with van der Waals surface area (Å²) in [5.74, 6) is 0. The minimum Gasteiger partial charge on any atom is -0.303 e. The fourth-order valence-electron chi connectivity index (χ4n) is 3.52. The van der Waals surface area contributed by atoms with Crippen molar-refractivity contribution in [1.29, 1.82) is 0 Å². The molecule has 0 aromatic rings. The highest BCUT2D eigenvalue weighted by Gasteiger charge is 2.31. The number of piperidine rings is 1. The Kier molecular flexibility index (Phi) is 4.48. The lowest BCUT2D eigenvalue weighted by Gasteiger charge is -2.45. The molecule has 0 amide bonds. The molecule has 2 saturated heterocycles. The van der Waals surface area contributed by atoms with Crippen LogP contribution in [0.25, 0.3) is 0 Å². The number of likely N-dealkylation sites (tertiary alicyclic amines) is 2. The van der Waals surface area contributed by atoms with E-state index in [1.165, 1.54) is 64.7 Å². The fraction of sp³-hybridized carbons (Fsp3) is 1.00. The van der Waals surface area contributed by atoms with E-state index in [4.69, 9.17) is 0 Å². The molecule has 0 aliphatic carbocycles. The van der Waals surface area contributed by atoms with Crippen LogP contribution in [-0.4, -0.2) is 47.6 Å². The van der Waals surface area contributed by atoms with Gasteiger partial charge in [-0.25, -0.2) is 0 Å². The van der Waals surface area contributed by atoms with Crippen LogP contribution in [-0.2, 0) is 0 Å². The largest absolute Gasteiger partial charge is 0.303 e. The molecule has 0 spiro atoms. The van der Waals surface area contributed by atoms with E-state index in [1.54, 1.807) is 0 Å². The quantitative estimate of drug-likeness (QED) is 0.745. The molecule has 2 aliphatic rings. The maximum Gasteiger partial charge on any atom is 0.0127 e. The maximum absolute atomic E-state index is 2.76. The van der Waals surface area contributed by atoms with E-state index in [-0.39, 0.29) is 0 Å². The topological polar surface area (TPSA) is 6.48 Å². The Morgan fingerprint density at radius 3 is 2.24 bits per heavy atom. The first kappa shape index (κ1) is 13.4. The highest BCUT2D eigenvalue weighted by Crippen LogP contribution is 2.27. The van der Waals surface area contributed by atoms with Gasteiger partial charge in [-0.1, -0.05) is 6.42 Å². The molecule has 1 atom stereocenters. The Hall–Kier alpha value is -0.0800. The summed E-state index contributed by atoms with van der Waals surface area (Å²) in [7, 11) is 0. The average molecular weight is 238 g/mol. The van der Waals surface area contributed by atoms with Crippen LogP contribution in [0.15, 0.2) is 0 Å². The van der Waals surface area contributed by atoms with Crippen molar-refractivity contribution in [3.8, 4) is 0 Å². The predicted molar refractivity (Wildman–Crippen MR) is 74.4 cm³/mol. The molecule has 2 heteroatoms. The van der Waals surface area contributed by atoms with Gasteiger partial charge < -0.3 is 4.90 Å². The van der Waals surface area contributed by atoms with Crippen molar-refractivity contribution in [3.63, 3.8) is 0 Å². The van der Waals surface area contributed by atoms with Crippen molar-refractivity contribution in [2.24, 2.45) is 0 Å². The first-order valence-electron chi connectivity index (χ1n) is 7.56. The molecule has 0 N–H and O–H groups in total. The van der Waals surface area contributed by atoms with Crippen molar-refractivity contribution < 1.29 is 0 Å². The summed E-state index contributed by atoms with van der Waals surface area (Å²) < 4.78 is 0. The molecule has 0 aromatic heterocycles. The predicted octanol–water partition coefficient (Wildman–Crippen LogP) is 3.13. The minimum absolute atomic E-state index is 0.357. The van der Waals surface area contributed by atoms with Gasteiger partial charge in [0.1, 0.15) is 0 Å². The van der Waals surface area contributed by atoms with Crippen LogP contribution in [0.3, 0.4) is 0 Å². The second-order valence-corrected chi connectivity index (χ2v) is 6.85. The molecule has 2 fully saturated rings. The first-order valence-corrected chi connectivity index (χ1v) is 7.56. The van der Waals surface area contributed by atoms with Gasteiger partial charge in [-0.15, -0.1) is 0 Å². The lowest BCUT2D eigenvalue weighted by molar-refractivity contribution is 0.0426. The van der Waals surface area contributed by atoms with Gasteiger partial charge in [-0.05, 0) is 79.1 Å². The third-order valence-corrected chi connectivity index (χ3v) is 4.47. The molecule has 100 valence electrons. The molecular weight excluding hydrogens is 208 g/mol. The summed E-state index contributed by atoms with van der Waals surface area (Å²) in [5, 5.41) is 0. The summed E-state index contributed by atoms with van der Waals surface area (Å²) in [6, 6.07) is 0.837. The van der Waals surface area contributed by atoms with Crippen LogP contribution in [0.1, 0.15) is 59.3 Å². The Balaban J connectivity index is 1.83. The Labute approximate surface area is 107 Å². The third-order valence-electron chi connectivity index (χ3n) is 4.47. The highest BCUT2D eigenvalue weighted by atomic mass is 15.2. The van der Waals surface area contributed by atoms with Gasteiger partial charge >= 0.3 is 0 Å². The van der Waals surface area contributed by atoms with E-state index in [2.05, 4.69) is 30.6 Å². The van der Waals surface area contributed by atoms with Crippen LogP contribution in [0.2, 0.25) is 0 Å². The molecule has 2 nitrogen and oxygen atoms in total. The summed E-state index contributed by atoms with van der Waals surface area (Å²) >= 11 is 0. The number of nitrogens with zero attached hydrogens (tertiary/aromatic N) is 2. The zero-order chi connectivity index (χ0) is 12.3. The Bertz CT molecular complexity index is 226. The van der Waals surface area contributed by atoms with Crippen LogP contribution in [0.4, 0.5) is 0 Å². The summed E-state index contributed by atoms with van der Waals surface area (Å²) in [4.78, 5) is 5.42. The van der Waals surface area contributed by atoms with Crippen LogP contribution >= 0.6 is 0 Å². The molecular formula is C15H30N2. The lowest BCUT2D eigenvalue weighted by Crippen LogP contribution is -2.51. The number of hydrogen-bond donors (Lipinski definition) is 0. The zero-order valence-electron chi connectivity index (χ0n) is 12.0. The van der Waals surface area contributed by atoms with Crippen molar-refractivity contribution in [2.75, 3.05) is 26.2 Å². The van der Waals surface area contributed by atoms with Gasteiger partial charge in [0.05, 0.1) is 0 Å². The average Bonchev–Trinajstić information content (AvgIpc) is 2.78. The zero-order valence-corrected chi connectivity index (χ0v) is 12.0. The smallest absolute Gasteiger partial charge is 0.0127 e. The minimum atomic E-state index is 0.357. The van der Waals surface area contributed by atoms with Gasteiger partial charge in [-0.3, -0.25) is 4.90 Å². The fourth-order valence-corrected chi connectivity index (χ4v) is 3.52. The SMILES string of the molecule is CC(C)(C)N1CCCCC1CCN1CCCC1. The van der Waals surface area contributed by atoms with Crippen molar-refractivity contribution in [2.45, 2.75) is 70.9 Å². The van der Waals surface area contributed by atoms with Gasteiger partial charge in [0, 0.05) is 11.6 Å². The maximum atomic E-state index is 2.76. The van der Waals surface area contributed by atoms with Gasteiger partial charge in [-0.2, -0.15) is 0 Å². The van der Waals surface area contributed by atoms with E-state index in [0.29, 0.717) is 5.54 Å². The van der Waals surface area contributed by atoms with E-state index < -0.39 is 0 Å². The summed E-state index contributed by atoms with van der Waals surface area (Å²) in [6.07, 6.45) is 8.50. The molecule has 0 radical (unpaired) electrons. The van der Waals surface area contributed by atoms with Gasteiger partial charge in [0.25, 0.3) is 0 Å². The number of hydrogen-bond acceptors (Lipinski definition) is 2. The molecule has 0 saturated carbocycles. The van der Waals surface area contributed by atoms with Gasteiger partial charge in [0.15, 0.2) is 0 Å². The van der Waals surface area contributed by atoms with Crippen molar-refractivity contribution in [3.05, 3.63) is 0 Å². The highest BCUT2D eigenvalue weighted by molar-refractivity contribution is 4.87. The van der Waals surface area contributed by atoms with Crippen LogP contribution in [0, 0.1) is 0 Å².